The number of nitrogens with one attached hydrogen (secondary N) is 1. The molecule has 0 fully saturated rings. The van der Waals surface area contributed by atoms with E-state index < -0.39 is 0 Å². The molecule has 0 spiro atoms. The summed E-state index contributed by atoms with van der Waals surface area (Å²) in [7, 11) is 1.92. The first kappa shape index (κ1) is 13.5. The maximum atomic E-state index is 11.6. The predicted molar refractivity (Wildman–Crippen MR) is 68.8 cm³/mol. The molecule has 1 rings (SSSR count). The molecule has 0 radical (unpaired) electrons. The first-order chi connectivity index (χ1) is 7.91. The van der Waals surface area contributed by atoms with E-state index in [1.807, 2.05) is 32.5 Å². The lowest BCUT2D eigenvalue weighted by Crippen LogP contribution is -2.25. The quantitative estimate of drug-likeness (QED) is 0.789. The Morgan fingerprint density at radius 3 is 2.59 bits per heavy atom. The smallest absolute Gasteiger partial charge is 0.220 e. The van der Waals surface area contributed by atoms with Crippen molar-refractivity contribution in [3.8, 4) is 0 Å². The molecular formula is C13H21N3O. The summed E-state index contributed by atoms with van der Waals surface area (Å²) in [5.41, 5.74) is 4.29. The van der Waals surface area contributed by atoms with Crippen molar-refractivity contribution >= 4 is 5.91 Å². The van der Waals surface area contributed by atoms with E-state index >= 15 is 0 Å². The average molecular weight is 235 g/mol. The van der Waals surface area contributed by atoms with Gasteiger partial charge in [-0.05, 0) is 32.8 Å². The van der Waals surface area contributed by atoms with Gasteiger partial charge in [-0.25, -0.2) is 0 Å². The zero-order chi connectivity index (χ0) is 13.0. The van der Waals surface area contributed by atoms with Crippen molar-refractivity contribution in [2.45, 2.75) is 33.6 Å². The number of rotatable bonds is 5. The minimum absolute atomic E-state index is 0.0654. The van der Waals surface area contributed by atoms with Gasteiger partial charge in [-0.2, -0.15) is 5.10 Å². The Bertz CT molecular complexity index is 432. The summed E-state index contributed by atoms with van der Waals surface area (Å²) in [6.07, 6.45) is 1.24. The minimum atomic E-state index is 0.0654. The van der Waals surface area contributed by atoms with E-state index in [0.29, 0.717) is 13.0 Å². The van der Waals surface area contributed by atoms with E-state index in [1.54, 1.807) is 0 Å². The number of aromatic nitrogens is 2. The first-order valence-corrected chi connectivity index (χ1v) is 5.82. The van der Waals surface area contributed by atoms with Gasteiger partial charge in [0.2, 0.25) is 5.91 Å². The van der Waals surface area contributed by atoms with Gasteiger partial charge in [0, 0.05) is 25.7 Å². The van der Waals surface area contributed by atoms with E-state index in [9.17, 15) is 4.79 Å². The predicted octanol–water partition coefficient (Wildman–Crippen LogP) is 1.66. The van der Waals surface area contributed by atoms with E-state index in [0.717, 1.165) is 23.4 Å². The van der Waals surface area contributed by atoms with Gasteiger partial charge < -0.3 is 5.32 Å². The van der Waals surface area contributed by atoms with E-state index in [1.165, 1.54) is 5.56 Å². The molecule has 1 amide bonds. The molecule has 94 valence electrons. The van der Waals surface area contributed by atoms with Crippen LogP contribution in [0.3, 0.4) is 0 Å². The van der Waals surface area contributed by atoms with Crippen LogP contribution >= 0.6 is 0 Å². The summed E-state index contributed by atoms with van der Waals surface area (Å²) >= 11 is 0. The summed E-state index contributed by atoms with van der Waals surface area (Å²) in [6, 6.07) is 0. The molecule has 0 atom stereocenters. The lowest BCUT2D eigenvalue weighted by Gasteiger charge is -2.05. The third kappa shape index (κ3) is 3.73. The van der Waals surface area contributed by atoms with Gasteiger partial charge in [0.05, 0.1) is 5.69 Å². The SMILES string of the molecule is C=C(C)CNC(=O)CCc1c(C)nn(C)c1C. The summed E-state index contributed by atoms with van der Waals surface area (Å²) in [5, 5.41) is 7.17. The topological polar surface area (TPSA) is 46.9 Å². The molecule has 0 unspecified atom stereocenters. The van der Waals surface area contributed by atoms with Gasteiger partial charge in [-0.1, -0.05) is 12.2 Å². The molecule has 0 saturated carbocycles. The summed E-state index contributed by atoms with van der Waals surface area (Å²) < 4.78 is 1.86. The van der Waals surface area contributed by atoms with Crippen LogP contribution in [-0.2, 0) is 18.3 Å². The Kier molecular flexibility index (Phi) is 4.49. The van der Waals surface area contributed by atoms with Crippen LogP contribution in [0.1, 0.15) is 30.3 Å². The number of hydrogen-bond acceptors (Lipinski definition) is 2. The number of hydrogen-bond donors (Lipinski definition) is 1. The summed E-state index contributed by atoms with van der Waals surface area (Å²) in [6.45, 7) is 10.2. The van der Waals surface area contributed by atoms with Crippen molar-refractivity contribution in [3.63, 3.8) is 0 Å². The molecule has 1 heterocycles. The van der Waals surface area contributed by atoms with Gasteiger partial charge in [0.15, 0.2) is 0 Å². The fourth-order valence-electron chi connectivity index (χ4n) is 1.76. The monoisotopic (exact) mass is 235 g/mol. The normalized spacial score (nSPS) is 10.4. The Labute approximate surface area is 103 Å². The highest BCUT2D eigenvalue weighted by Gasteiger charge is 2.10. The Morgan fingerprint density at radius 1 is 1.47 bits per heavy atom. The van der Waals surface area contributed by atoms with Crippen molar-refractivity contribution in [3.05, 3.63) is 29.1 Å². The molecule has 1 N–H and O–H groups in total. The molecule has 4 heteroatoms. The van der Waals surface area contributed by atoms with E-state index in [-0.39, 0.29) is 5.91 Å². The number of nitrogens with zero attached hydrogens (tertiary/aromatic N) is 2. The van der Waals surface area contributed by atoms with E-state index in [4.69, 9.17) is 0 Å². The highest BCUT2D eigenvalue weighted by atomic mass is 16.1. The van der Waals surface area contributed by atoms with Crippen molar-refractivity contribution in [2.75, 3.05) is 6.54 Å². The summed E-state index contributed by atoms with van der Waals surface area (Å²) in [5.74, 6) is 0.0654. The van der Waals surface area contributed by atoms with Crippen molar-refractivity contribution in [2.24, 2.45) is 7.05 Å². The number of carbonyl (C=O) groups excluding carboxylic acids is 1. The number of amides is 1. The average Bonchev–Trinajstić information content (AvgIpc) is 2.48. The third-order valence-electron chi connectivity index (χ3n) is 2.85. The van der Waals surface area contributed by atoms with Crippen LogP contribution in [0.25, 0.3) is 0 Å². The fraction of sp³-hybridized carbons (Fsp3) is 0.538. The summed E-state index contributed by atoms with van der Waals surface area (Å²) in [4.78, 5) is 11.6. The fourth-order valence-corrected chi connectivity index (χ4v) is 1.76. The minimum Gasteiger partial charge on any atom is -0.352 e. The Morgan fingerprint density at radius 2 is 2.12 bits per heavy atom. The molecule has 0 bridgehead atoms. The Balaban J connectivity index is 2.50. The van der Waals surface area contributed by atoms with Crippen molar-refractivity contribution < 1.29 is 4.79 Å². The maximum absolute atomic E-state index is 11.6. The van der Waals surface area contributed by atoms with Crippen LogP contribution in [0, 0.1) is 13.8 Å². The van der Waals surface area contributed by atoms with Crippen LogP contribution in [0.5, 0.6) is 0 Å². The molecule has 1 aromatic rings. The molecule has 0 aliphatic carbocycles. The molecule has 0 aliphatic heterocycles. The highest BCUT2D eigenvalue weighted by molar-refractivity contribution is 5.76. The highest BCUT2D eigenvalue weighted by Crippen LogP contribution is 2.13. The zero-order valence-corrected chi connectivity index (χ0v) is 11.1. The standard InChI is InChI=1S/C13H21N3O/c1-9(2)8-14-13(17)7-6-12-10(3)15-16(5)11(12)4/h1,6-8H2,2-5H3,(H,14,17). The van der Waals surface area contributed by atoms with Gasteiger partial charge in [-0.15, -0.1) is 0 Å². The molecule has 0 aliphatic rings. The van der Waals surface area contributed by atoms with Crippen molar-refractivity contribution in [1.29, 1.82) is 0 Å². The molecule has 4 nitrogen and oxygen atoms in total. The van der Waals surface area contributed by atoms with E-state index in [2.05, 4.69) is 17.0 Å². The second-order valence-electron chi connectivity index (χ2n) is 4.51. The van der Waals surface area contributed by atoms with Crippen molar-refractivity contribution in [1.82, 2.24) is 15.1 Å². The second-order valence-corrected chi connectivity index (χ2v) is 4.51. The number of aryl methyl sites for hydroxylation is 2. The lowest BCUT2D eigenvalue weighted by atomic mass is 10.1. The van der Waals surface area contributed by atoms with Gasteiger partial charge in [-0.3, -0.25) is 9.48 Å². The van der Waals surface area contributed by atoms with Gasteiger partial charge in [0.25, 0.3) is 0 Å². The molecular weight excluding hydrogens is 214 g/mol. The van der Waals surface area contributed by atoms with Crippen LogP contribution in [0.4, 0.5) is 0 Å². The third-order valence-corrected chi connectivity index (χ3v) is 2.85. The molecule has 1 aromatic heterocycles. The molecule has 0 saturated heterocycles. The number of carbonyl (C=O) groups is 1. The van der Waals surface area contributed by atoms with Crippen LogP contribution in [-0.4, -0.2) is 22.2 Å². The maximum Gasteiger partial charge on any atom is 0.220 e. The Hall–Kier alpha value is -1.58. The van der Waals surface area contributed by atoms with Crippen LogP contribution in [0.2, 0.25) is 0 Å². The van der Waals surface area contributed by atoms with Crippen LogP contribution in [0.15, 0.2) is 12.2 Å². The largest absolute Gasteiger partial charge is 0.352 e. The van der Waals surface area contributed by atoms with Gasteiger partial charge >= 0.3 is 0 Å². The van der Waals surface area contributed by atoms with Crippen LogP contribution < -0.4 is 5.32 Å². The second kappa shape index (κ2) is 5.66. The molecule has 17 heavy (non-hydrogen) atoms. The van der Waals surface area contributed by atoms with Gasteiger partial charge in [0.1, 0.15) is 0 Å². The zero-order valence-electron chi connectivity index (χ0n) is 11.1. The molecule has 0 aromatic carbocycles. The lowest BCUT2D eigenvalue weighted by molar-refractivity contribution is -0.120. The first-order valence-electron chi connectivity index (χ1n) is 5.82.